The number of thiazole rings is 1. The Morgan fingerprint density at radius 2 is 1.93 bits per heavy atom. The van der Waals surface area contributed by atoms with Crippen molar-refractivity contribution < 1.29 is 14.3 Å². The zero-order valence-corrected chi connectivity index (χ0v) is 16.2. The third-order valence-electron chi connectivity index (χ3n) is 4.15. The van der Waals surface area contributed by atoms with Crippen molar-refractivity contribution in [3.8, 4) is 0 Å². The van der Waals surface area contributed by atoms with Crippen LogP contribution >= 0.6 is 11.3 Å². The zero-order chi connectivity index (χ0) is 19.2. The van der Waals surface area contributed by atoms with Gasteiger partial charge >= 0.3 is 5.97 Å². The maximum atomic E-state index is 12.3. The second-order valence-corrected chi connectivity index (χ2v) is 7.66. The van der Waals surface area contributed by atoms with Gasteiger partial charge in [0.25, 0.3) is 5.91 Å². The van der Waals surface area contributed by atoms with Crippen LogP contribution in [0.3, 0.4) is 0 Å². The van der Waals surface area contributed by atoms with Crippen LogP contribution in [0.25, 0.3) is 10.2 Å². The van der Waals surface area contributed by atoms with Crippen molar-refractivity contribution in [1.29, 1.82) is 0 Å². The van der Waals surface area contributed by atoms with E-state index in [-0.39, 0.29) is 18.6 Å². The number of benzene rings is 2. The standard InChI is InChI=1S/C21H22N2O3S/c1-14(2)10-18(15-6-4-3-5-7-15)23-20(24)12-26-21(25)16-8-9-17-19(11-16)27-13-22-17/h3-9,11,13-14,18H,10,12H2,1-2H3,(H,23,24)/t18-/m1/s1. The quantitative estimate of drug-likeness (QED) is 0.617. The normalized spacial score (nSPS) is 12.1. The van der Waals surface area contributed by atoms with Crippen LogP contribution in [0.5, 0.6) is 0 Å². The average Bonchev–Trinajstić information content (AvgIpc) is 3.13. The molecular formula is C21H22N2O3S. The number of hydrogen-bond donors (Lipinski definition) is 1. The number of amides is 1. The predicted octanol–water partition coefficient (Wildman–Crippen LogP) is 4.36. The molecule has 1 heterocycles. The minimum Gasteiger partial charge on any atom is -0.452 e. The van der Waals surface area contributed by atoms with E-state index in [2.05, 4.69) is 24.1 Å². The van der Waals surface area contributed by atoms with E-state index >= 15 is 0 Å². The Morgan fingerprint density at radius 1 is 1.15 bits per heavy atom. The maximum absolute atomic E-state index is 12.3. The molecule has 1 amide bonds. The third kappa shape index (κ3) is 5.14. The second-order valence-electron chi connectivity index (χ2n) is 6.77. The summed E-state index contributed by atoms with van der Waals surface area (Å²) in [6, 6.07) is 14.9. The molecular weight excluding hydrogens is 360 g/mol. The van der Waals surface area contributed by atoms with Crippen LogP contribution in [0, 0.1) is 5.92 Å². The molecule has 0 spiro atoms. The summed E-state index contributed by atoms with van der Waals surface area (Å²) >= 11 is 1.46. The molecule has 1 aromatic heterocycles. The fourth-order valence-electron chi connectivity index (χ4n) is 2.87. The molecule has 6 heteroatoms. The first-order valence-corrected chi connectivity index (χ1v) is 9.75. The van der Waals surface area contributed by atoms with Gasteiger partial charge in [0.15, 0.2) is 6.61 Å². The van der Waals surface area contributed by atoms with Gasteiger partial charge in [0.2, 0.25) is 0 Å². The van der Waals surface area contributed by atoms with Crippen LogP contribution in [-0.4, -0.2) is 23.5 Å². The monoisotopic (exact) mass is 382 g/mol. The van der Waals surface area contributed by atoms with Gasteiger partial charge in [0, 0.05) is 0 Å². The van der Waals surface area contributed by atoms with Gasteiger partial charge in [-0.1, -0.05) is 44.2 Å². The highest BCUT2D eigenvalue weighted by Gasteiger charge is 2.17. The Kier molecular flexibility index (Phi) is 6.19. The Bertz CT molecular complexity index is 921. The molecule has 0 saturated heterocycles. The molecule has 0 fully saturated rings. The zero-order valence-electron chi connectivity index (χ0n) is 15.3. The van der Waals surface area contributed by atoms with Crippen LogP contribution in [0.2, 0.25) is 0 Å². The highest BCUT2D eigenvalue weighted by Crippen LogP contribution is 2.21. The molecule has 3 aromatic rings. The molecule has 0 saturated carbocycles. The van der Waals surface area contributed by atoms with Gasteiger partial charge < -0.3 is 10.1 Å². The van der Waals surface area contributed by atoms with Crippen molar-refractivity contribution in [2.24, 2.45) is 5.92 Å². The van der Waals surface area contributed by atoms with Gasteiger partial charge in [-0.15, -0.1) is 11.3 Å². The maximum Gasteiger partial charge on any atom is 0.338 e. The Balaban J connectivity index is 1.59. The minimum absolute atomic E-state index is 0.106. The van der Waals surface area contributed by atoms with E-state index in [1.54, 1.807) is 23.7 Å². The smallest absolute Gasteiger partial charge is 0.338 e. The number of fused-ring (bicyclic) bond motifs is 1. The molecule has 3 rings (SSSR count). The first-order chi connectivity index (χ1) is 13.0. The van der Waals surface area contributed by atoms with E-state index < -0.39 is 5.97 Å². The van der Waals surface area contributed by atoms with Crippen molar-refractivity contribution in [1.82, 2.24) is 10.3 Å². The van der Waals surface area contributed by atoms with Crippen molar-refractivity contribution in [2.75, 3.05) is 6.61 Å². The second kappa shape index (κ2) is 8.77. The molecule has 0 radical (unpaired) electrons. The van der Waals surface area contributed by atoms with Crippen molar-refractivity contribution >= 4 is 33.4 Å². The number of carbonyl (C=O) groups is 2. The molecule has 2 aromatic carbocycles. The summed E-state index contributed by atoms with van der Waals surface area (Å²) < 4.78 is 6.10. The number of nitrogens with zero attached hydrogens (tertiary/aromatic N) is 1. The fraction of sp³-hybridized carbons (Fsp3) is 0.286. The summed E-state index contributed by atoms with van der Waals surface area (Å²) in [5.41, 5.74) is 4.03. The van der Waals surface area contributed by atoms with Gasteiger partial charge in [-0.05, 0) is 36.1 Å². The average molecular weight is 382 g/mol. The van der Waals surface area contributed by atoms with E-state index in [1.165, 1.54) is 11.3 Å². The molecule has 0 aliphatic heterocycles. The molecule has 5 nitrogen and oxygen atoms in total. The summed E-state index contributed by atoms with van der Waals surface area (Å²) in [5.74, 6) is -0.401. The number of ether oxygens (including phenoxy) is 1. The van der Waals surface area contributed by atoms with Crippen LogP contribution in [0.15, 0.2) is 54.0 Å². The van der Waals surface area contributed by atoms with Crippen LogP contribution in [-0.2, 0) is 9.53 Å². The van der Waals surface area contributed by atoms with Crippen LogP contribution < -0.4 is 5.32 Å². The van der Waals surface area contributed by atoms with E-state index in [9.17, 15) is 9.59 Å². The molecule has 1 N–H and O–H groups in total. The number of esters is 1. The number of aromatic nitrogens is 1. The SMILES string of the molecule is CC(C)C[C@@H](NC(=O)COC(=O)c1ccc2ncsc2c1)c1ccccc1. The first-order valence-electron chi connectivity index (χ1n) is 8.87. The Hall–Kier alpha value is -2.73. The molecule has 0 aliphatic rings. The van der Waals surface area contributed by atoms with Crippen LogP contribution in [0.4, 0.5) is 0 Å². The molecule has 0 unspecified atom stereocenters. The summed E-state index contributed by atoms with van der Waals surface area (Å²) in [6.45, 7) is 3.91. The van der Waals surface area contributed by atoms with E-state index in [0.29, 0.717) is 11.5 Å². The molecule has 1 atom stereocenters. The predicted molar refractivity (Wildman–Crippen MR) is 107 cm³/mol. The van der Waals surface area contributed by atoms with E-state index in [0.717, 1.165) is 22.2 Å². The lowest BCUT2D eigenvalue weighted by Crippen LogP contribution is -2.33. The first kappa shape index (κ1) is 19.0. The largest absolute Gasteiger partial charge is 0.452 e. The highest BCUT2D eigenvalue weighted by atomic mass is 32.1. The summed E-state index contributed by atoms with van der Waals surface area (Å²) in [4.78, 5) is 28.7. The lowest BCUT2D eigenvalue weighted by Gasteiger charge is -2.21. The summed E-state index contributed by atoms with van der Waals surface area (Å²) in [7, 11) is 0. The van der Waals surface area contributed by atoms with Gasteiger partial charge in [0.1, 0.15) is 0 Å². The highest BCUT2D eigenvalue weighted by molar-refractivity contribution is 7.16. The van der Waals surface area contributed by atoms with Crippen molar-refractivity contribution in [3.63, 3.8) is 0 Å². The van der Waals surface area contributed by atoms with Gasteiger partial charge in [-0.25, -0.2) is 9.78 Å². The van der Waals surface area contributed by atoms with Gasteiger partial charge in [-0.3, -0.25) is 4.79 Å². The minimum atomic E-state index is -0.513. The molecule has 0 bridgehead atoms. The number of hydrogen-bond acceptors (Lipinski definition) is 5. The lowest BCUT2D eigenvalue weighted by atomic mass is 9.97. The molecule has 0 aliphatic carbocycles. The topological polar surface area (TPSA) is 68.3 Å². The van der Waals surface area contributed by atoms with Gasteiger partial charge in [-0.2, -0.15) is 0 Å². The van der Waals surface area contributed by atoms with Crippen molar-refractivity contribution in [3.05, 3.63) is 65.2 Å². The third-order valence-corrected chi connectivity index (χ3v) is 4.94. The van der Waals surface area contributed by atoms with Crippen molar-refractivity contribution in [2.45, 2.75) is 26.3 Å². The Labute approximate surface area is 162 Å². The number of rotatable bonds is 7. The van der Waals surface area contributed by atoms with Crippen LogP contribution in [0.1, 0.15) is 42.2 Å². The summed E-state index contributed by atoms with van der Waals surface area (Å²) in [6.07, 6.45) is 0.811. The fourth-order valence-corrected chi connectivity index (χ4v) is 3.58. The molecule has 140 valence electrons. The van der Waals surface area contributed by atoms with Gasteiger partial charge in [0.05, 0.1) is 27.3 Å². The van der Waals surface area contributed by atoms with E-state index in [1.807, 2.05) is 30.3 Å². The number of carbonyl (C=O) groups excluding carboxylic acids is 2. The molecule has 27 heavy (non-hydrogen) atoms. The number of nitrogens with one attached hydrogen (secondary N) is 1. The summed E-state index contributed by atoms with van der Waals surface area (Å²) in [5, 5.41) is 2.97. The Morgan fingerprint density at radius 3 is 2.67 bits per heavy atom. The van der Waals surface area contributed by atoms with E-state index in [4.69, 9.17) is 4.74 Å². The lowest BCUT2D eigenvalue weighted by molar-refractivity contribution is -0.125.